The number of alkyl halides is 3. The first-order chi connectivity index (χ1) is 13.9. The standard InChI is InChI=1S/C21H23F3N2OS2/c1-28-25-18-7-3-2-6-17(18)20(27)26-12-10-15-14-16(8-9-19(15)26)29-13-5-4-11-21(22,23)24/h2-3,6-9,14,25H,4-5,10-13H2,1H3. The third-order valence-corrected chi connectivity index (χ3v) is 6.19. The van der Waals surface area contributed by atoms with Gasteiger partial charge < -0.3 is 9.62 Å². The third kappa shape index (κ3) is 5.85. The van der Waals surface area contributed by atoms with E-state index in [1.165, 1.54) is 11.9 Å². The number of benzene rings is 2. The third-order valence-electron chi connectivity index (χ3n) is 4.68. The summed E-state index contributed by atoms with van der Waals surface area (Å²) in [7, 11) is 0. The van der Waals surface area contributed by atoms with Gasteiger partial charge in [0, 0.05) is 29.8 Å². The minimum atomic E-state index is -4.07. The number of para-hydroxylation sites is 1. The quantitative estimate of drug-likeness (QED) is 0.292. The van der Waals surface area contributed by atoms with Crippen LogP contribution in [0.2, 0.25) is 0 Å². The van der Waals surface area contributed by atoms with Gasteiger partial charge in [0.2, 0.25) is 0 Å². The van der Waals surface area contributed by atoms with E-state index in [9.17, 15) is 18.0 Å². The maximum absolute atomic E-state index is 13.1. The van der Waals surface area contributed by atoms with E-state index >= 15 is 0 Å². The monoisotopic (exact) mass is 440 g/mol. The predicted octanol–water partition coefficient (Wildman–Crippen LogP) is 6.40. The number of nitrogens with one attached hydrogen (secondary N) is 1. The van der Waals surface area contributed by atoms with E-state index < -0.39 is 12.6 Å². The van der Waals surface area contributed by atoms with Gasteiger partial charge in [0.15, 0.2) is 0 Å². The zero-order valence-electron chi connectivity index (χ0n) is 16.1. The molecule has 2 aromatic carbocycles. The smallest absolute Gasteiger partial charge is 0.329 e. The van der Waals surface area contributed by atoms with Crippen LogP contribution in [0, 0.1) is 0 Å². The van der Waals surface area contributed by atoms with Crippen LogP contribution >= 0.6 is 23.7 Å². The number of carbonyl (C=O) groups excluding carboxylic acids is 1. The Balaban J connectivity index is 1.63. The number of thioether (sulfide) groups is 1. The number of halogens is 3. The molecule has 0 saturated heterocycles. The van der Waals surface area contributed by atoms with Gasteiger partial charge in [0.25, 0.3) is 5.91 Å². The first kappa shape index (κ1) is 21.9. The van der Waals surface area contributed by atoms with Crippen LogP contribution in [0.15, 0.2) is 47.4 Å². The molecule has 0 fully saturated rings. The topological polar surface area (TPSA) is 32.3 Å². The van der Waals surface area contributed by atoms with Crippen molar-refractivity contribution in [2.75, 3.05) is 28.2 Å². The second-order valence-electron chi connectivity index (χ2n) is 6.77. The largest absolute Gasteiger partial charge is 0.389 e. The van der Waals surface area contributed by atoms with Crippen LogP contribution in [0.1, 0.15) is 35.2 Å². The maximum Gasteiger partial charge on any atom is 0.389 e. The molecule has 1 N–H and O–H groups in total. The summed E-state index contributed by atoms with van der Waals surface area (Å²) in [6.45, 7) is 0.626. The lowest BCUT2D eigenvalue weighted by atomic mass is 10.1. The first-order valence-electron chi connectivity index (χ1n) is 9.41. The predicted molar refractivity (Wildman–Crippen MR) is 116 cm³/mol. The molecule has 0 radical (unpaired) electrons. The highest BCUT2D eigenvalue weighted by atomic mass is 32.2. The molecule has 0 atom stereocenters. The van der Waals surface area contributed by atoms with Crippen LogP contribution in [0.4, 0.5) is 24.5 Å². The normalized spacial score (nSPS) is 13.4. The molecule has 8 heteroatoms. The number of nitrogens with zero attached hydrogens (tertiary/aromatic N) is 1. The van der Waals surface area contributed by atoms with Crippen LogP contribution < -0.4 is 9.62 Å². The molecule has 3 nitrogen and oxygen atoms in total. The molecule has 0 aromatic heterocycles. The van der Waals surface area contributed by atoms with Gasteiger partial charge in [0.1, 0.15) is 0 Å². The van der Waals surface area contributed by atoms with Gasteiger partial charge in [-0.1, -0.05) is 24.1 Å². The first-order valence-corrected chi connectivity index (χ1v) is 11.6. The Labute approximate surface area is 177 Å². The minimum Gasteiger partial charge on any atom is -0.329 e. The van der Waals surface area contributed by atoms with Crippen molar-refractivity contribution in [2.24, 2.45) is 0 Å². The Morgan fingerprint density at radius 2 is 1.97 bits per heavy atom. The molecule has 156 valence electrons. The average Bonchev–Trinajstić information content (AvgIpc) is 3.10. The number of hydrogen-bond donors (Lipinski definition) is 1. The molecule has 2 aromatic rings. The minimum absolute atomic E-state index is 0.0338. The summed E-state index contributed by atoms with van der Waals surface area (Å²) in [5.74, 6) is 0.624. The Morgan fingerprint density at radius 1 is 1.17 bits per heavy atom. The number of rotatable bonds is 8. The van der Waals surface area contributed by atoms with Crippen molar-refractivity contribution in [2.45, 2.75) is 36.8 Å². The van der Waals surface area contributed by atoms with E-state index in [0.717, 1.165) is 28.3 Å². The number of carbonyl (C=O) groups is 1. The number of anilines is 2. The molecule has 1 aliphatic heterocycles. The van der Waals surface area contributed by atoms with Crippen molar-refractivity contribution in [1.29, 1.82) is 0 Å². The number of hydrogen-bond acceptors (Lipinski definition) is 4. The van der Waals surface area contributed by atoms with Gasteiger partial charge in [-0.05, 0) is 60.9 Å². The van der Waals surface area contributed by atoms with Gasteiger partial charge in [0.05, 0.1) is 11.3 Å². The van der Waals surface area contributed by atoms with Crippen molar-refractivity contribution in [3.8, 4) is 0 Å². The fourth-order valence-corrected chi connectivity index (χ4v) is 4.68. The van der Waals surface area contributed by atoms with Crippen molar-refractivity contribution in [3.63, 3.8) is 0 Å². The molecule has 0 bridgehead atoms. The summed E-state index contributed by atoms with van der Waals surface area (Å²) in [6, 6.07) is 13.4. The zero-order chi connectivity index (χ0) is 20.9. The van der Waals surface area contributed by atoms with Crippen LogP contribution in [-0.2, 0) is 6.42 Å². The Bertz CT molecular complexity index is 858. The molecule has 29 heavy (non-hydrogen) atoms. The highest BCUT2D eigenvalue weighted by molar-refractivity contribution is 7.99. The molecular formula is C21H23F3N2OS2. The van der Waals surface area contributed by atoms with Gasteiger partial charge in [-0.2, -0.15) is 13.2 Å². The highest BCUT2D eigenvalue weighted by Gasteiger charge is 2.27. The molecule has 0 saturated carbocycles. The molecule has 3 rings (SSSR count). The Hall–Kier alpha value is -1.80. The molecule has 0 unspecified atom stereocenters. The highest BCUT2D eigenvalue weighted by Crippen LogP contribution is 2.34. The maximum atomic E-state index is 13.1. The molecule has 1 heterocycles. The average molecular weight is 441 g/mol. The molecule has 1 aliphatic rings. The molecular weight excluding hydrogens is 417 g/mol. The van der Waals surface area contributed by atoms with Crippen molar-refractivity contribution < 1.29 is 18.0 Å². The summed E-state index contributed by atoms with van der Waals surface area (Å²) in [5, 5.41) is 0. The summed E-state index contributed by atoms with van der Waals surface area (Å²) in [5.41, 5.74) is 3.45. The molecule has 0 spiro atoms. The van der Waals surface area contributed by atoms with Crippen LogP contribution in [0.25, 0.3) is 0 Å². The summed E-state index contributed by atoms with van der Waals surface area (Å²) < 4.78 is 39.8. The fraction of sp³-hybridized carbons (Fsp3) is 0.381. The lowest BCUT2D eigenvalue weighted by Gasteiger charge is -2.19. The van der Waals surface area contributed by atoms with Crippen LogP contribution in [-0.4, -0.2) is 30.6 Å². The zero-order valence-corrected chi connectivity index (χ0v) is 17.7. The van der Waals surface area contributed by atoms with E-state index in [1.54, 1.807) is 16.7 Å². The van der Waals surface area contributed by atoms with Crippen LogP contribution in [0.3, 0.4) is 0 Å². The van der Waals surface area contributed by atoms with E-state index in [2.05, 4.69) is 10.8 Å². The summed E-state index contributed by atoms with van der Waals surface area (Å²) in [4.78, 5) is 15.9. The molecule has 0 aliphatic carbocycles. The van der Waals surface area contributed by atoms with Crippen molar-refractivity contribution >= 4 is 41.0 Å². The summed E-state index contributed by atoms with van der Waals surface area (Å²) >= 11 is 3.01. The lowest BCUT2D eigenvalue weighted by Crippen LogP contribution is -2.29. The van der Waals surface area contributed by atoms with Gasteiger partial charge in [-0.25, -0.2) is 0 Å². The van der Waals surface area contributed by atoms with Gasteiger partial charge >= 0.3 is 6.18 Å². The van der Waals surface area contributed by atoms with E-state index in [4.69, 9.17) is 0 Å². The fourth-order valence-electron chi connectivity index (χ4n) is 3.31. The SMILES string of the molecule is CSNc1ccccc1C(=O)N1CCc2cc(SCCCCC(F)(F)F)ccc21. The Kier molecular flexibility index (Phi) is 7.40. The lowest BCUT2D eigenvalue weighted by molar-refractivity contribution is -0.135. The molecule has 1 amide bonds. The second kappa shape index (κ2) is 9.80. The number of amides is 1. The van der Waals surface area contributed by atoms with Crippen molar-refractivity contribution in [3.05, 3.63) is 53.6 Å². The number of fused-ring (bicyclic) bond motifs is 1. The Morgan fingerprint density at radius 3 is 2.72 bits per heavy atom. The second-order valence-corrected chi connectivity index (χ2v) is 8.55. The number of unbranched alkanes of at least 4 members (excludes halogenated alkanes) is 1. The van der Waals surface area contributed by atoms with Crippen molar-refractivity contribution in [1.82, 2.24) is 0 Å². The van der Waals surface area contributed by atoms with E-state index in [1.807, 2.05) is 42.7 Å². The van der Waals surface area contributed by atoms with Crippen LogP contribution in [0.5, 0.6) is 0 Å². The summed E-state index contributed by atoms with van der Waals surface area (Å²) in [6.07, 6.45) is -1.41. The van der Waals surface area contributed by atoms with Gasteiger partial charge in [-0.3, -0.25) is 4.79 Å². The van der Waals surface area contributed by atoms with E-state index in [-0.39, 0.29) is 12.3 Å². The van der Waals surface area contributed by atoms with Gasteiger partial charge in [-0.15, -0.1) is 11.8 Å². The van der Waals surface area contributed by atoms with E-state index in [0.29, 0.717) is 24.3 Å².